The van der Waals surface area contributed by atoms with E-state index in [0.717, 1.165) is 67.9 Å². The molecule has 2 aliphatic heterocycles. The minimum atomic E-state index is -0.493. The van der Waals surface area contributed by atoms with E-state index in [1.54, 1.807) is 0 Å². The van der Waals surface area contributed by atoms with Crippen LogP contribution in [0.15, 0.2) is 243 Å². The minimum absolute atomic E-state index is 0.493. The Hall–Kier alpha value is -8.40. The lowest BCUT2D eigenvalue weighted by Gasteiger charge is -2.47. The molecule has 1 aliphatic carbocycles. The molecule has 0 atom stereocenters. The summed E-state index contributed by atoms with van der Waals surface area (Å²) in [7, 11) is 0. The van der Waals surface area contributed by atoms with Gasteiger partial charge in [-0.1, -0.05) is 176 Å². The summed E-state index contributed by atoms with van der Waals surface area (Å²) in [5.41, 5.74) is 20.6. The van der Waals surface area contributed by atoms with Gasteiger partial charge in [0, 0.05) is 17.1 Å². The van der Waals surface area contributed by atoms with Crippen molar-refractivity contribution >= 4 is 34.1 Å². The van der Waals surface area contributed by atoms with Crippen LogP contribution in [0.2, 0.25) is 0 Å². The van der Waals surface area contributed by atoms with Gasteiger partial charge >= 0.3 is 0 Å². The van der Waals surface area contributed by atoms with Gasteiger partial charge in [0.15, 0.2) is 11.5 Å². The lowest BCUT2D eigenvalue weighted by atomic mass is 9.64. The zero-order valence-corrected chi connectivity index (χ0v) is 34.9. The molecular formula is C61H40N2O. The predicted molar refractivity (Wildman–Crippen MR) is 263 cm³/mol. The van der Waals surface area contributed by atoms with E-state index in [2.05, 4.69) is 252 Å². The molecule has 0 N–H and O–H groups in total. The van der Waals surface area contributed by atoms with Crippen LogP contribution in [0.4, 0.5) is 34.1 Å². The highest BCUT2D eigenvalue weighted by atomic mass is 16.5. The quantitative estimate of drug-likeness (QED) is 0.166. The van der Waals surface area contributed by atoms with Gasteiger partial charge in [0.1, 0.15) is 0 Å². The third kappa shape index (κ3) is 5.41. The highest BCUT2D eigenvalue weighted by Gasteiger charge is 2.53. The largest absolute Gasteiger partial charge is 0.453 e. The molecule has 0 amide bonds. The minimum Gasteiger partial charge on any atom is -0.453 e. The fourth-order valence-corrected chi connectivity index (χ4v) is 10.7. The summed E-state index contributed by atoms with van der Waals surface area (Å²) >= 11 is 0. The Morgan fingerprint density at radius 2 is 0.828 bits per heavy atom. The Labute approximate surface area is 373 Å². The van der Waals surface area contributed by atoms with Crippen LogP contribution in [-0.4, -0.2) is 0 Å². The van der Waals surface area contributed by atoms with Crippen LogP contribution in [-0.2, 0) is 5.41 Å². The molecule has 0 radical (unpaired) electrons. The molecule has 1 spiro atoms. The number of para-hydroxylation sites is 3. The maximum atomic E-state index is 7.11. The number of fused-ring (bicyclic) bond motifs is 11. The smallest absolute Gasteiger partial charge is 0.152 e. The number of hydrogen-bond donors (Lipinski definition) is 0. The summed E-state index contributed by atoms with van der Waals surface area (Å²) < 4.78 is 7.11. The number of rotatable bonds is 6. The summed E-state index contributed by atoms with van der Waals surface area (Å²) in [6.45, 7) is 0. The van der Waals surface area contributed by atoms with E-state index in [9.17, 15) is 0 Å². The third-order valence-corrected chi connectivity index (χ3v) is 13.4. The second kappa shape index (κ2) is 14.3. The van der Waals surface area contributed by atoms with E-state index in [1.165, 1.54) is 44.5 Å². The van der Waals surface area contributed by atoms with Gasteiger partial charge in [0.05, 0.1) is 22.5 Å². The fraction of sp³-hybridized carbons (Fsp3) is 0.0164. The molecule has 0 saturated carbocycles. The molecule has 3 heteroatoms. The lowest BCUT2D eigenvalue weighted by Crippen LogP contribution is -2.37. The predicted octanol–water partition coefficient (Wildman–Crippen LogP) is 16.4. The second-order valence-corrected chi connectivity index (χ2v) is 16.8. The van der Waals surface area contributed by atoms with E-state index < -0.39 is 5.41 Å². The van der Waals surface area contributed by atoms with Crippen LogP contribution in [0.25, 0.3) is 44.5 Å². The van der Waals surface area contributed by atoms with Crippen LogP contribution in [0.5, 0.6) is 11.5 Å². The van der Waals surface area contributed by atoms with E-state index in [0.29, 0.717) is 0 Å². The van der Waals surface area contributed by atoms with Crippen LogP contribution >= 0.6 is 0 Å². The summed E-state index contributed by atoms with van der Waals surface area (Å²) in [6.07, 6.45) is 0. The molecule has 0 saturated heterocycles. The Morgan fingerprint density at radius 1 is 0.312 bits per heavy atom. The second-order valence-electron chi connectivity index (χ2n) is 16.8. The van der Waals surface area contributed by atoms with Crippen LogP contribution in [0.1, 0.15) is 22.3 Å². The van der Waals surface area contributed by atoms with Gasteiger partial charge in [-0.2, -0.15) is 0 Å². The normalized spacial score (nSPS) is 13.2. The SMILES string of the molecule is c1ccc(-c2ccc(N(c3ccccc3)c3cc(-c4ccccc4)cc(-c4ccc5c(c4)Oc4cccc6c4N5c4ccccc4C64c5ccccc5-c5ccccc54)c3)cc2)cc1. The summed E-state index contributed by atoms with van der Waals surface area (Å²) in [5, 5.41) is 0. The maximum Gasteiger partial charge on any atom is 0.152 e. The first-order valence-electron chi connectivity index (χ1n) is 22.0. The van der Waals surface area contributed by atoms with Crippen molar-refractivity contribution in [1.82, 2.24) is 0 Å². The van der Waals surface area contributed by atoms with Gasteiger partial charge in [-0.3, -0.25) is 0 Å². The van der Waals surface area contributed by atoms with E-state index in [-0.39, 0.29) is 0 Å². The number of nitrogens with zero attached hydrogens (tertiary/aromatic N) is 2. The molecule has 10 aromatic carbocycles. The van der Waals surface area contributed by atoms with E-state index in [4.69, 9.17) is 4.74 Å². The summed E-state index contributed by atoms with van der Waals surface area (Å²) in [6, 6.07) is 87.9. The molecule has 2 heterocycles. The highest BCUT2D eigenvalue weighted by Crippen LogP contribution is 2.67. The van der Waals surface area contributed by atoms with Crippen LogP contribution in [0.3, 0.4) is 0 Å². The van der Waals surface area contributed by atoms with Crippen molar-refractivity contribution in [3.63, 3.8) is 0 Å². The highest BCUT2D eigenvalue weighted by molar-refractivity contribution is 6.00. The Balaban J connectivity index is 0.971. The van der Waals surface area contributed by atoms with Crippen molar-refractivity contribution in [3.8, 4) is 56.0 Å². The molecule has 10 aromatic rings. The molecule has 64 heavy (non-hydrogen) atoms. The molecule has 0 bridgehead atoms. The van der Waals surface area contributed by atoms with Gasteiger partial charge < -0.3 is 14.5 Å². The lowest BCUT2D eigenvalue weighted by molar-refractivity contribution is 0.474. The van der Waals surface area contributed by atoms with Gasteiger partial charge in [0.2, 0.25) is 0 Å². The standard InChI is InChI=1S/C61H40N2O/c1-4-17-41(18-5-1)43-31-34-48(35-32-43)62(47-21-8-3-9-22-47)49-38-45(42-19-6-2-7-20-42)37-46(39-49)44-33-36-57-59(40-44)64-58-30-16-28-55-60(58)63(57)56-29-15-14-27-54(56)61(55)52-25-12-10-23-50(52)51-24-11-13-26-53(51)61/h1-40H. The zero-order valence-electron chi connectivity index (χ0n) is 34.9. The average Bonchev–Trinajstić information content (AvgIpc) is 3.66. The van der Waals surface area contributed by atoms with E-state index in [1.807, 2.05) is 0 Å². The van der Waals surface area contributed by atoms with Crippen molar-refractivity contribution in [2.24, 2.45) is 0 Å². The van der Waals surface area contributed by atoms with Crippen LogP contribution < -0.4 is 14.5 Å². The van der Waals surface area contributed by atoms with Gasteiger partial charge in [0.25, 0.3) is 0 Å². The van der Waals surface area contributed by atoms with Gasteiger partial charge in [-0.15, -0.1) is 0 Å². The topological polar surface area (TPSA) is 15.7 Å². The molecule has 0 fully saturated rings. The first kappa shape index (κ1) is 36.3. The van der Waals surface area contributed by atoms with Crippen molar-refractivity contribution in [3.05, 3.63) is 265 Å². The summed E-state index contributed by atoms with van der Waals surface area (Å²) in [4.78, 5) is 4.80. The molecule has 3 aliphatic rings. The number of anilines is 6. The number of benzene rings is 10. The third-order valence-electron chi connectivity index (χ3n) is 13.4. The molecule has 3 nitrogen and oxygen atoms in total. The monoisotopic (exact) mass is 816 g/mol. The Morgan fingerprint density at radius 3 is 1.52 bits per heavy atom. The zero-order chi connectivity index (χ0) is 42.2. The molecule has 13 rings (SSSR count). The van der Waals surface area contributed by atoms with Crippen molar-refractivity contribution in [2.45, 2.75) is 5.41 Å². The molecule has 300 valence electrons. The Bertz CT molecular complexity index is 3370. The average molecular weight is 817 g/mol. The van der Waals surface area contributed by atoms with Gasteiger partial charge in [-0.25, -0.2) is 0 Å². The Kier molecular flexibility index (Phi) is 8.13. The maximum absolute atomic E-state index is 7.11. The summed E-state index contributed by atoms with van der Waals surface area (Å²) in [5.74, 6) is 1.68. The van der Waals surface area contributed by atoms with Crippen molar-refractivity contribution in [1.29, 1.82) is 0 Å². The fourth-order valence-electron chi connectivity index (χ4n) is 10.7. The number of hydrogen-bond acceptors (Lipinski definition) is 3. The van der Waals surface area contributed by atoms with Gasteiger partial charge in [-0.05, 0) is 133 Å². The van der Waals surface area contributed by atoms with Crippen LogP contribution in [0, 0.1) is 0 Å². The molecular weight excluding hydrogens is 777 g/mol. The number of ether oxygens (including phenoxy) is 1. The first-order valence-corrected chi connectivity index (χ1v) is 22.0. The first-order chi connectivity index (χ1) is 31.7. The van der Waals surface area contributed by atoms with Crippen molar-refractivity contribution in [2.75, 3.05) is 9.80 Å². The van der Waals surface area contributed by atoms with E-state index >= 15 is 0 Å². The van der Waals surface area contributed by atoms with Crippen molar-refractivity contribution < 1.29 is 4.74 Å². The molecule has 0 aromatic heterocycles. The molecule has 0 unspecified atom stereocenters.